The van der Waals surface area contributed by atoms with Gasteiger partial charge in [-0.05, 0) is 29.8 Å². The van der Waals surface area contributed by atoms with E-state index in [1.807, 2.05) is 0 Å². The number of alkyl halides is 3. The molecule has 1 aliphatic heterocycles. The number of anilines is 1. The maximum Gasteiger partial charge on any atom is 0.416 e. The molecule has 2 aromatic carbocycles. The Labute approximate surface area is 160 Å². The molecule has 0 aromatic heterocycles. The lowest BCUT2D eigenvalue weighted by Gasteiger charge is -2.33. The number of nitrogens with zero attached hydrogens (tertiary/aromatic N) is 1. The van der Waals surface area contributed by atoms with Gasteiger partial charge in [0, 0.05) is 6.54 Å². The van der Waals surface area contributed by atoms with E-state index >= 15 is 0 Å². The second-order valence-corrected chi connectivity index (χ2v) is 8.19. The van der Waals surface area contributed by atoms with Crippen LogP contribution in [0.5, 0.6) is 5.75 Å². The summed E-state index contributed by atoms with van der Waals surface area (Å²) in [6.07, 6.45) is -4.59. The van der Waals surface area contributed by atoms with Crippen molar-refractivity contribution < 1.29 is 31.1 Å². The van der Waals surface area contributed by atoms with Gasteiger partial charge in [-0.2, -0.15) is 13.2 Å². The average Bonchev–Trinajstić information content (AvgIpc) is 2.64. The topological polar surface area (TPSA) is 75.7 Å². The first kappa shape index (κ1) is 20.0. The largest absolute Gasteiger partial charge is 0.476 e. The number of rotatable bonds is 4. The van der Waals surface area contributed by atoms with E-state index in [-0.39, 0.29) is 24.4 Å². The molecule has 10 heteroatoms. The van der Waals surface area contributed by atoms with Crippen LogP contribution < -0.4 is 14.4 Å². The van der Waals surface area contributed by atoms with E-state index in [1.54, 1.807) is 24.3 Å². The molecule has 1 N–H and O–H groups in total. The van der Waals surface area contributed by atoms with Crippen molar-refractivity contribution in [3.05, 3.63) is 59.7 Å². The van der Waals surface area contributed by atoms with Gasteiger partial charge in [-0.3, -0.25) is 9.10 Å². The maximum absolute atomic E-state index is 12.8. The molecule has 2 aromatic rings. The van der Waals surface area contributed by atoms with Crippen LogP contribution in [0.15, 0.2) is 48.5 Å². The molecule has 1 heterocycles. The summed E-state index contributed by atoms with van der Waals surface area (Å²) in [5, 5.41) is 2.50. The van der Waals surface area contributed by atoms with E-state index < -0.39 is 33.8 Å². The Morgan fingerprint density at radius 2 is 1.93 bits per heavy atom. The Bertz CT molecular complexity index is 992. The van der Waals surface area contributed by atoms with Crippen molar-refractivity contribution in [2.45, 2.75) is 18.8 Å². The molecule has 0 unspecified atom stereocenters. The molecule has 150 valence electrons. The molecular weight excluding hydrogens is 397 g/mol. The second kappa shape index (κ2) is 7.34. The van der Waals surface area contributed by atoms with Crippen LogP contribution in [0.2, 0.25) is 0 Å². The molecule has 0 radical (unpaired) electrons. The molecule has 0 saturated carbocycles. The monoisotopic (exact) mass is 414 g/mol. The predicted octanol–water partition coefficient (Wildman–Crippen LogP) is 2.55. The number of carbonyl (C=O) groups is 1. The fourth-order valence-corrected chi connectivity index (χ4v) is 3.73. The number of sulfonamides is 1. The van der Waals surface area contributed by atoms with Crippen LogP contribution in [0.3, 0.4) is 0 Å². The Morgan fingerprint density at radius 3 is 2.61 bits per heavy atom. The number of benzene rings is 2. The first-order chi connectivity index (χ1) is 13.1. The SMILES string of the molecule is CS(=O)(=O)N1C[C@@H](C(=O)NCc2cccc(C(F)(F)F)c2)Oc2ccccc21. The number of ether oxygens (including phenoxy) is 1. The van der Waals surface area contributed by atoms with Crippen molar-refractivity contribution in [1.29, 1.82) is 0 Å². The van der Waals surface area contributed by atoms with Crippen molar-refractivity contribution >= 4 is 21.6 Å². The van der Waals surface area contributed by atoms with E-state index in [2.05, 4.69) is 5.32 Å². The van der Waals surface area contributed by atoms with Crippen molar-refractivity contribution in [2.75, 3.05) is 17.1 Å². The minimum absolute atomic E-state index is 0.150. The fourth-order valence-electron chi connectivity index (χ4n) is 2.81. The first-order valence-electron chi connectivity index (χ1n) is 8.23. The minimum Gasteiger partial charge on any atom is -0.476 e. The fraction of sp³-hybridized carbons (Fsp3) is 0.278. The van der Waals surface area contributed by atoms with Gasteiger partial charge in [-0.1, -0.05) is 24.3 Å². The molecule has 0 spiro atoms. The highest BCUT2D eigenvalue weighted by atomic mass is 32.2. The number of carbonyl (C=O) groups excluding carboxylic acids is 1. The van der Waals surface area contributed by atoms with Crippen molar-refractivity contribution in [3.8, 4) is 5.75 Å². The van der Waals surface area contributed by atoms with E-state index in [0.717, 1.165) is 22.7 Å². The summed E-state index contributed by atoms with van der Waals surface area (Å²) in [7, 11) is -3.65. The molecule has 1 atom stereocenters. The van der Waals surface area contributed by atoms with E-state index in [0.29, 0.717) is 5.69 Å². The van der Waals surface area contributed by atoms with Crippen LogP contribution in [0.1, 0.15) is 11.1 Å². The molecule has 0 bridgehead atoms. The quantitative estimate of drug-likeness (QED) is 0.835. The number of halogens is 3. The zero-order chi connectivity index (χ0) is 20.5. The lowest BCUT2D eigenvalue weighted by atomic mass is 10.1. The third kappa shape index (κ3) is 4.38. The second-order valence-electron chi connectivity index (χ2n) is 6.28. The van der Waals surface area contributed by atoms with Crippen LogP contribution in [0, 0.1) is 0 Å². The van der Waals surface area contributed by atoms with Gasteiger partial charge < -0.3 is 10.1 Å². The zero-order valence-electron chi connectivity index (χ0n) is 14.7. The summed E-state index contributed by atoms with van der Waals surface area (Å²) in [6.45, 7) is -0.382. The zero-order valence-corrected chi connectivity index (χ0v) is 15.5. The molecular formula is C18H17F3N2O4S. The smallest absolute Gasteiger partial charge is 0.416 e. The highest BCUT2D eigenvalue weighted by molar-refractivity contribution is 7.92. The van der Waals surface area contributed by atoms with Gasteiger partial charge in [0.15, 0.2) is 6.10 Å². The predicted molar refractivity (Wildman–Crippen MR) is 96.3 cm³/mol. The normalized spacial score (nSPS) is 16.9. The number of hydrogen-bond acceptors (Lipinski definition) is 4. The van der Waals surface area contributed by atoms with Crippen molar-refractivity contribution in [1.82, 2.24) is 5.32 Å². The molecule has 3 rings (SSSR count). The summed E-state index contributed by atoms with van der Waals surface area (Å²) in [5.74, 6) is -0.390. The van der Waals surface area contributed by atoms with Crippen LogP contribution >= 0.6 is 0 Å². The third-order valence-electron chi connectivity index (χ3n) is 4.15. The number of para-hydroxylation sites is 2. The molecule has 0 fully saturated rings. The number of hydrogen-bond donors (Lipinski definition) is 1. The highest BCUT2D eigenvalue weighted by Crippen LogP contribution is 2.34. The number of nitrogens with one attached hydrogen (secondary N) is 1. The summed E-state index contributed by atoms with van der Waals surface area (Å²) in [5.41, 5.74) is -0.225. The average molecular weight is 414 g/mol. The minimum atomic E-state index is -4.48. The van der Waals surface area contributed by atoms with Gasteiger partial charge in [-0.25, -0.2) is 8.42 Å². The van der Waals surface area contributed by atoms with Crippen molar-refractivity contribution in [2.24, 2.45) is 0 Å². The van der Waals surface area contributed by atoms with Crippen LogP contribution in [-0.2, 0) is 27.5 Å². The lowest BCUT2D eigenvalue weighted by molar-refractivity contribution is -0.137. The summed E-state index contributed by atoms with van der Waals surface area (Å²) in [6, 6.07) is 11.0. The lowest BCUT2D eigenvalue weighted by Crippen LogP contribution is -2.50. The Kier molecular flexibility index (Phi) is 5.24. The highest BCUT2D eigenvalue weighted by Gasteiger charge is 2.35. The summed E-state index contributed by atoms with van der Waals surface area (Å²) < 4.78 is 69.1. The maximum atomic E-state index is 12.8. The standard InChI is InChI=1S/C18H17F3N2O4S/c1-28(25,26)23-11-16(27-15-8-3-2-7-14(15)23)17(24)22-10-12-5-4-6-13(9-12)18(19,20)21/h2-9,16H,10-11H2,1H3,(H,22,24)/t16-/m0/s1. The van der Waals surface area contributed by atoms with Gasteiger partial charge in [0.05, 0.1) is 24.1 Å². The van der Waals surface area contributed by atoms with Gasteiger partial charge in [-0.15, -0.1) is 0 Å². The number of amides is 1. The van der Waals surface area contributed by atoms with Crippen LogP contribution in [0.25, 0.3) is 0 Å². The van der Waals surface area contributed by atoms with Gasteiger partial charge >= 0.3 is 6.18 Å². The van der Waals surface area contributed by atoms with Gasteiger partial charge in [0.1, 0.15) is 5.75 Å². The molecule has 1 amide bonds. The molecule has 0 saturated heterocycles. The van der Waals surface area contributed by atoms with Crippen LogP contribution in [0.4, 0.5) is 18.9 Å². The number of fused-ring (bicyclic) bond motifs is 1. The first-order valence-corrected chi connectivity index (χ1v) is 10.1. The van der Waals surface area contributed by atoms with E-state index in [4.69, 9.17) is 4.74 Å². The van der Waals surface area contributed by atoms with Crippen molar-refractivity contribution in [3.63, 3.8) is 0 Å². The molecule has 0 aliphatic carbocycles. The summed E-state index contributed by atoms with van der Waals surface area (Å²) >= 11 is 0. The molecule has 6 nitrogen and oxygen atoms in total. The van der Waals surface area contributed by atoms with Gasteiger partial charge in [0.2, 0.25) is 10.0 Å². The Balaban J connectivity index is 1.74. The van der Waals surface area contributed by atoms with Crippen LogP contribution in [-0.4, -0.2) is 33.2 Å². The Morgan fingerprint density at radius 1 is 1.21 bits per heavy atom. The van der Waals surface area contributed by atoms with E-state index in [1.165, 1.54) is 12.1 Å². The third-order valence-corrected chi connectivity index (χ3v) is 5.30. The summed E-state index contributed by atoms with van der Waals surface area (Å²) in [4.78, 5) is 12.5. The molecule has 1 aliphatic rings. The van der Waals surface area contributed by atoms with E-state index in [9.17, 15) is 26.4 Å². The Hall–Kier alpha value is -2.75. The van der Waals surface area contributed by atoms with Gasteiger partial charge in [0.25, 0.3) is 5.91 Å². The molecule has 28 heavy (non-hydrogen) atoms.